The van der Waals surface area contributed by atoms with Crippen molar-refractivity contribution in [1.29, 1.82) is 0 Å². The fourth-order valence-corrected chi connectivity index (χ4v) is 2.54. The zero-order chi connectivity index (χ0) is 13.2. The first kappa shape index (κ1) is 16.3. The van der Waals surface area contributed by atoms with E-state index in [-0.39, 0.29) is 23.9 Å². The van der Waals surface area contributed by atoms with E-state index in [1.165, 1.54) is 43.6 Å². The Hall–Kier alpha value is -0.730. The Labute approximate surface area is 123 Å². The standard InChI is InChI=1S/C16H26N2.ClH/c1-16(2,3)15(17)13-7-9-14(10-8-13)18-11-5-4-6-12-18;/h7-10,15H,4-6,11-12,17H2,1-3H3;1H/t15-;/m0./s1. The van der Waals surface area contributed by atoms with Gasteiger partial charge in [0.05, 0.1) is 0 Å². The lowest BCUT2D eigenvalue weighted by atomic mass is 9.83. The molecule has 2 N–H and O–H groups in total. The van der Waals surface area contributed by atoms with E-state index in [0.29, 0.717) is 0 Å². The van der Waals surface area contributed by atoms with Crippen LogP contribution in [0.4, 0.5) is 5.69 Å². The second-order valence-electron chi connectivity index (χ2n) is 6.48. The van der Waals surface area contributed by atoms with Crippen LogP contribution in [0.15, 0.2) is 24.3 Å². The molecule has 1 aromatic carbocycles. The van der Waals surface area contributed by atoms with Crippen LogP contribution in [0, 0.1) is 5.41 Å². The molecule has 1 heterocycles. The number of halogens is 1. The molecule has 1 aliphatic heterocycles. The van der Waals surface area contributed by atoms with Crippen LogP contribution >= 0.6 is 12.4 Å². The highest BCUT2D eigenvalue weighted by molar-refractivity contribution is 5.85. The molecule has 1 fully saturated rings. The molecule has 0 radical (unpaired) electrons. The number of piperidine rings is 1. The monoisotopic (exact) mass is 282 g/mol. The highest BCUT2D eigenvalue weighted by atomic mass is 35.5. The van der Waals surface area contributed by atoms with Crippen molar-refractivity contribution < 1.29 is 0 Å². The maximum atomic E-state index is 6.29. The minimum absolute atomic E-state index is 0. The highest BCUT2D eigenvalue weighted by Gasteiger charge is 2.22. The summed E-state index contributed by atoms with van der Waals surface area (Å²) in [5.74, 6) is 0. The Morgan fingerprint density at radius 2 is 1.53 bits per heavy atom. The third kappa shape index (κ3) is 4.12. The molecular formula is C16H27ClN2. The predicted molar refractivity (Wildman–Crippen MR) is 86.1 cm³/mol. The summed E-state index contributed by atoms with van der Waals surface area (Å²) in [7, 11) is 0. The lowest BCUT2D eigenvalue weighted by Gasteiger charge is -2.30. The smallest absolute Gasteiger partial charge is 0.0366 e. The van der Waals surface area contributed by atoms with E-state index in [2.05, 4.69) is 49.9 Å². The summed E-state index contributed by atoms with van der Waals surface area (Å²) in [5.41, 5.74) is 8.99. The third-order valence-electron chi connectivity index (χ3n) is 3.91. The van der Waals surface area contributed by atoms with Crippen LogP contribution in [-0.4, -0.2) is 13.1 Å². The van der Waals surface area contributed by atoms with Crippen molar-refractivity contribution in [2.45, 2.75) is 46.1 Å². The molecule has 0 saturated carbocycles. The van der Waals surface area contributed by atoms with Gasteiger partial charge in [0, 0.05) is 24.8 Å². The lowest BCUT2D eigenvalue weighted by molar-refractivity contribution is 0.327. The molecule has 2 nitrogen and oxygen atoms in total. The SMILES string of the molecule is CC(C)(C)[C@@H](N)c1ccc(N2CCCCC2)cc1.Cl. The fraction of sp³-hybridized carbons (Fsp3) is 0.625. The molecule has 1 aliphatic rings. The first-order chi connectivity index (χ1) is 8.48. The second-order valence-corrected chi connectivity index (χ2v) is 6.48. The summed E-state index contributed by atoms with van der Waals surface area (Å²) < 4.78 is 0. The van der Waals surface area contributed by atoms with Gasteiger partial charge >= 0.3 is 0 Å². The van der Waals surface area contributed by atoms with Gasteiger partial charge in [0.15, 0.2) is 0 Å². The van der Waals surface area contributed by atoms with Gasteiger partial charge in [-0.05, 0) is 42.4 Å². The van der Waals surface area contributed by atoms with Gasteiger partial charge in [-0.25, -0.2) is 0 Å². The fourth-order valence-electron chi connectivity index (χ4n) is 2.54. The third-order valence-corrected chi connectivity index (χ3v) is 3.91. The molecule has 19 heavy (non-hydrogen) atoms. The Morgan fingerprint density at radius 3 is 2.00 bits per heavy atom. The normalized spacial score (nSPS) is 17.8. The van der Waals surface area contributed by atoms with E-state index < -0.39 is 0 Å². The van der Waals surface area contributed by atoms with E-state index in [9.17, 15) is 0 Å². The van der Waals surface area contributed by atoms with Gasteiger partial charge in [-0.3, -0.25) is 0 Å². The molecule has 0 bridgehead atoms. The number of nitrogens with two attached hydrogens (primary N) is 1. The average Bonchev–Trinajstić information content (AvgIpc) is 2.38. The lowest BCUT2D eigenvalue weighted by Crippen LogP contribution is -2.29. The van der Waals surface area contributed by atoms with Crippen molar-refractivity contribution in [3.63, 3.8) is 0 Å². The van der Waals surface area contributed by atoms with Crippen molar-refractivity contribution >= 4 is 18.1 Å². The molecule has 0 amide bonds. The summed E-state index contributed by atoms with van der Waals surface area (Å²) >= 11 is 0. The topological polar surface area (TPSA) is 29.3 Å². The number of anilines is 1. The molecule has 0 spiro atoms. The quantitative estimate of drug-likeness (QED) is 0.883. The Balaban J connectivity index is 0.00000180. The number of hydrogen-bond acceptors (Lipinski definition) is 2. The molecule has 108 valence electrons. The van der Waals surface area contributed by atoms with Gasteiger partial charge in [-0.2, -0.15) is 0 Å². The van der Waals surface area contributed by atoms with Crippen LogP contribution in [0.2, 0.25) is 0 Å². The van der Waals surface area contributed by atoms with Gasteiger partial charge < -0.3 is 10.6 Å². The van der Waals surface area contributed by atoms with Gasteiger partial charge in [0.25, 0.3) is 0 Å². The molecule has 2 rings (SSSR count). The van der Waals surface area contributed by atoms with Crippen LogP contribution in [-0.2, 0) is 0 Å². The second kappa shape index (κ2) is 6.62. The van der Waals surface area contributed by atoms with Crippen molar-refractivity contribution in [2.75, 3.05) is 18.0 Å². The van der Waals surface area contributed by atoms with E-state index in [1.54, 1.807) is 0 Å². The van der Waals surface area contributed by atoms with Crippen molar-refractivity contribution in [3.05, 3.63) is 29.8 Å². The Bertz CT molecular complexity index is 375. The van der Waals surface area contributed by atoms with Gasteiger partial charge in [0.2, 0.25) is 0 Å². The van der Waals surface area contributed by atoms with Gasteiger partial charge in [0.1, 0.15) is 0 Å². The van der Waals surface area contributed by atoms with Crippen LogP contribution in [0.1, 0.15) is 51.6 Å². The molecule has 0 unspecified atom stereocenters. The summed E-state index contributed by atoms with van der Waals surface area (Å²) in [6.45, 7) is 8.97. The molecule has 3 heteroatoms. The number of nitrogens with zero attached hydrogens (tertiary/aromatic N) is 1. The number of hydrogen-bond donors (Lipinski definition) is 1. The maximum Gasteiger partial charge on any atom is 0.0366 e. The summed E-state index contributed by atoms with van der Waals surface area (Å²) in [4.78, 5) is 2.48. The molecular weight excluding hydrogens is 256 g/mol. The maximum absolute atomic E-state index is 6.29. The van der Waals surface area contributed by atoms with Gasteiger partial charge in [-0.1, -0.05) is 32.9 Å². The molecule has 1 aromatic rings. The van der Waals surface area contributed by atoms with Crippen LogP contribution < -0.4 is 10.6 Å². The minimum Gasteiger partial charge on any atom is -0.372 e. The summed E-state index contributed by atoms with van der Waals surface area (Å²) in [5, 5.41) is 0. The first-order valence-corrected chi connectivity index (χ1v) is 7.09. The van der Waals surface area contributed by atoms with Crippen molar-refractivity contribution in [1.82, 2.24) is 0 Å². The van der Waals surface area contributed by atoms with Gasteiger partial charge in [-0.15, -0.1) is 12.4 Å². The Kier molecular flexibility index (Phi) is 5.69. The number of rotatable bonds is 2. The van der Waals surface area contributed by atoms with E-state index in [4.69, 9.17) is 5.73 Å². The largest absolute Gasteiger partial charge is 0.372 e. The van der Waals surface area contributed by atoms with Crippen LogP contribution in [0.25, 0.3) is 0 Å². The molecule has 1 saturated heterocycles. The van der Waals surface area contributed by atoms with E-state index in [1.807, 2.05) is 0 Å². The Morgan fingerprint density at radius 1 is 1.00 bits per heavy atom. The first-order valence-electron chi connectivity index (χ1n) is 7.09. The summed E-state index contributed by atoms with van der Waals surface area (Å²) in [6, 6.07) is 8.95. The average molecular weight is 283 g/mol. The van der Waals surface area contributed by atoms with Crippen molar-refractivity contribution in [3.8, 4) is 0 Å². The minimum atomic E-state index is 0. The zero-order valence-electron chi connectivity index (χ0n) is 12.4. The van der Waals surface area contributed by atoms with Crippen molar-refractivity contribution in [2.24, 2.45) is 11.1 Å². The summed E-state index contributed by atoms with van der Waals surface area (Å²) in [6.07, 6.45) is 4.02. The zero-order valence-corrected chi connectivity index (χ0v) is 13.2. The van der Waals surface area contributed by atoms with Crippen LogP contribution in [0.3, 0.4) is 0 Å². The van der Waals surface area contributed by atoms with E-state index >= 15 is 0 Å². The highest BCUT2D eigenvalue weighted by Crippen LogP contribution is 2.31. The molecule has 0 aromatic heterocycles. The molecule has 0 aliphatic carbocycles. The van der Waals surface area contributed by atoms with Crippen LogP contribution in [0.5, 0.6) is 0 Å². The predicted octanol–water partition coefficient (Wildman–Crippen LogP) is 4.14. The number of benzene rings is 1. The molecule has 1 atom stereocenters. The van der Waals surface area contributed by atoms with E-state index in [0.717, 1.165) is 0 Å².